The van der Waals surface area contributed by atoms with E-state index in [1.807, 2.05) is 10.7 Å². The highest BCUT2D eigenvalue weighted by atomic mass is 79.9. The van der Waals surface area contributed by atoms with E-state index in [4.69, 9.17) is 5.73 Å². The minimum absolute atomic E-state index is 0.0986. The molecule has 0 spiro atoms. The summed E-state index contributed by atoms with van der Waals surface area (Å²) in [4.78, 5) is 0. The minimum Gasteiger partial charge on any atom is -0.324 e. The maximum absolute atomic E-state index is 6.24. The molecule has 2 aromatic heterocycles. The normalized spacial score (nSPS) is 12.6. The Bertz CT molecular complexity index is 537. The Balaban J connectivity index is 2.26. The van der Waals surface area contributed by atoms with Crippen molar-refractivity contribution < 1.29 is 0 Å². The summed E-state index contributed by atoms with van der Waals surface area (Å²) in [6.07, 6.45) is 5.02. The van der Waals surface area contributed by atoms with Crippen molar-refractivity contribution in [1.82, 2.24) is 20.0 Å². The Morgan fingerprint density at radius 1 is 1.37 bits per heavy atom. The SMILES string of the molecule is CCc1nn(CC)c(CC(N)c2ccnnc2)c1Br. The maximum Gasteiger partial charge on any atom is 0.0766 e. The van der Waals surface area contributed by atoms with Crippen molar-refractivity contribution in [3.8, 4) is 0 Å². The highest BCUT2D eigenvalue weighted by Crippen LogP contribution is 2.26. The van der Waals surface area contributed by atoms with Crippen LogP contribution in [0.15, 0.2) is 22.9 Å². The van der Waals surface area contributed by atoms with Gasteiger partial charge >= 0.3 is 0 Å². The predicted octanol–water partition coefficient (Wildman–Crippen LogP) is 2.26. The lowest BCUT2D eigenvalue weighted by Crippen LogP contribution is -2.16. The van der Waals surface area contributed by atoms with E-state index in [0.29, 0.717) is 0 Å². The van der Waals surface area contributed by atoms with Crippen LogP contribution >= 0.6 is 15.9 Å². The van der Waals surface area contributed by atoms with Crippen LogP contribution in [0.2, 0.25) is 0 Å². The smallest absolute Gasteiger partial charge is 0.0766 e. The quantitative estimate of drug-likeness (QED) is 0.916. The van der Waals surface area contributed by atoms with E-state index in [2.05, 4.69) is 45.1 Å². The topological polar surface area (TPSA) is 69.6 Å². The Morgan fingerprint density at radius 2 is 2.16 bits per heavy atom. The third-order valence-corrected chi connectivity index (χ3v) is 4.06. The summed E-state index contributed by atoms with van der Waals surface area (Å²) in [6, 6.07) is 1.80. The van der Waals surface area contributed by atoms with Crippen molar-refractivity contribution in [3.05, 3.63) is 39.9 Å². The second kappa shape index (κ2) is 6.25. The molecular formula is C13H18BrN5. The lowest BCUT2D eigenvalue weighted by molar-refractivity contribution is 0.583. The molecule has 0 saturated heterocycles. The average molecular weight is 324 g/mol. The van der Waals surface area contributed by atoms with E-state index in [9.17, 15) is 0 Å². The van der Waals surface area contributed by atoms with Crippen molar-refractivity contribution in [2.45, 2.75) is 39.3 Å². The van der Waals surface area contributed by atoms with Crippen LogP contribution in [0, 0.1) is 0 Å². The Morgan fingerprint density at radius 3 is 2.74 bits per heavy atom. The van der Waals surface area contributed by atoms with Crippen LogP contribution in [0.3, 0.4) is 0 Å². The van der Waals surface area contributed by atoms with Gasteiger partial charge in [-0.1, -0.05) is 6.92 Å². The number of hydrogen-bond acceptors (Lipinski definition) is 4. The van der Waals surface area contributed by atoms with E-state index in [1.54, 1.807) is 12.4 Å². The fourth-order valence-corrected chi connectivity index (χ4v) is 2.78. The van der Waals surface area contributed by atoms with Crippen LogP contribution in [0.25, 0.3) is 0 Å². The maximum atomic E-state index is 6.24. The molecule has 0 aliphatic heterocycles. The molecule has 2 N–H and O–H groups in total. The number of nitrogens with zero attached hydrogens (tertiary/aromatic N) is 4. The number of aromatic nitrogens is 4. The summed E-state index contributed by atoms with van der Waals surface area (Å²) < 4.78 is 3.09. The zero-order valence-corrected chi connectivity index (χ0v) is 12.8. The molecular weight excluding hydrogens is 306 g/mol. The van der Waals surface area contributed by atoms with Gasteiger partial charge in [-0.25, -0.2) is 0 Å². The van der Waals surface area contributed by atoms with Gasteiger partial charge in [-0.3, -0.25) is 4.68 Å². The van der Waals surface area contributed by atoms with Gasteiger partial charge in [0.1, 0.15) is 0 Å². The van der Waals surface area contributed by atoms with Gasteiger partial charge in [0.2, 0.25) is 0 Å². The molecule has 0 saturated carbocycles. The van der Waals surface area contributed by atoms with Crippen LogP contribution in [-0.2, 0) is 19.4 Å². The van der Waals surface area contributed by atoms with Crippen molar-refractivity contribution in [1.29, 1.82) is 0 Å². The molecule has 0 aliphatic carbocycles. The van der Waals surface area contributed by atoms with Gasteiger partial charge in [-0.2, -0.15) is 15.3 Å². The van der Waals surface area contributed by atoms with E-state index in [1.165, 1.54) is 0 Å². The third-order valence-electron chi connectivity index (χ3n) is 3.14. The summed E-state index contributed by atoms with van der Waals surface area (Å²) in [7, 11) is 0. The zero-order valence-electron chi connectivity index (χ0n) is 11.2. The molecule has 6 heteroatoms. The second-order valence-electron chi connectivity index (χ2n) is 4.36. The zero-order chi connectivity index (χ0) is 13.8. The van der Waals surface area contributed by atoms with E-state index >= 15 is 0 Å². The lowest BCUT2D eigenvalue weighted by Gasteiger charge is -2.12. The fraction of sp³-hybridized carbons (Fsp3) is 0.462. The van der Waals surface area contributed by atoms with Gasteiger partial charge in [0.15, 0.2) is 0 Å². The summed E-state index contributed by atoms with van der Waals surface area (Å²) >= 11 is 3.64. The van der Waals surface area contributed by atoms with Crippen LogP contribution in [0.5, 0.6) is 0 Å². The van der Waals surface area contributed by atoms with Gasteiger partial charge < -0.3 is 5.73 Å². The molecule has 0 radical (unpaired) electrons. The Labute approximate surface area is 121 Å². The lowest BCUT2D eigenvalue weighted by atomic mass is 10.1. The van der Waals surface area contributed by atoms with E-state index < -0.39 is 0 Å². The molecule has 102 valence electrons. The molecule has 0 bridgehead atoms. The highest BCUT2D eigenvalue weighted by Gasteiger charge is 2.17. The molecule has 0 amide bonds. The highest BCUT2D eigenvalue weighted by molar-refractivity contribution is 9.10. The van der Waals surface area contributed by atoms with Crippen LogP contribution in [0.1, 0.15) is 36.8 Å². The fourth-order valence-electron chi connectivity index (χ4n) is 2.06. The number of halogens is 1. The third kappa shape index (κ3) is 3.01. The molecule has 1 atom stereocenters. The molecule has 19 heavy (non-hydrogen) atoms. The van der Waals surface area contributed by atoms with Crippen molar-refractivity contribution >= 4 is 15.9 Å². The van der Waals surface area contributed by atoms with Gasteiger partial charge in [-0.05, 0) is 40.9 Å². The van der Waals surface area contributed by atoms with Gasteiger partial charge in [0.05, 0.1) is 22.1 Å². The molecule has 2 aromatic rings. The number of rotatable bonds is 5. The largest absolute Gasteiger partial charge is 0.324 e. The van der Waals surface area contributed by atoms with Crippen LogP contribution < -0.4 is 5.73 Å². The second-order valence-corrected chi connectivity index (χ2v) is 5.16. The van der Waals surface area contributed by atoms with Gasteiger partial charge in [0.25, 0.3) is 0 Å². The molecule has 0 aliphatic rings. The molecule has 5 nitrogen and oxygen atoms in total. The monoisotopic (exact) mass is 323 g/mol. The van der Waals surface area contributed by atoms with Gasteiger partial charge in [0, 0.05) is 25.2 Å². The molecule has 2 heterocycles. The Hall–Kier alpha value is -1.27. The summed E-state index contributed by atoms with van der Waals surface area (Å²) in [5.41, 5.74) is 9.45. The van der Waals surface area contributed by atoms with Crippen molar-refractivity contribution in [2.24, 2.45) is 5.73 Å². The van der Waals surface area contributed by atoms with E-state index in [-0.39, 0.29) is 6.04 Å². The Kier molecular flexibility index (Phi) is 4.66. The minimum atomic E-state index is -0.0986. The first kappa shape index (κ1) is 14.1. The summed E-state index contributed by atoms with van der Waals surface area (Å²) in [5.74, 6) is 0. The van der Waals surface area contributed by atoms with E-state index in [0.717, 1.165) is 40.8 Å². The number of nitrogens with two attached hydrogens (primary N) is 1. The van der Waals surface area contributed by atoms with Crippen molar-refractivity contribution in [3.63, 3.8) is 0 Å². The predicted molar refractivity (Wildman–Crippen MR) is 77.6 cm³/mol. The number of hydrogen-bond donors (Lipinski definition) is 1. The first-order chi connectivity index (χ1) is 9.17. The average Bonchev–Trinajstić information content (AvgIpc) is 2.76. The number of aryl methyl sites for hydroxylation is 2. The first-order valence-electron chi connectivity index (χ1n) is 6.43. The van der Waals surface area contributed by atoms with Crippen LogP contribution in [-0.4, -0.2) is 20.0 Å². The first-order valence-corrected chi connectivity index (χ1v) is 7.22. The summed E-state index contributed by atoms with van der Waals surface area (Å²) in [5, 5.41) is 12.2. The van der Waals surface area contributed by atoms with Crippen molar-refractivity contribution in [2.75, 3.05) is 0 Å². The molecule has 1 unspecified atom stereocenters. The summed E-state index contributed by atoms with van der Waals surface area (Å²) in [6.45, 7) is 5.03. The van der Waals surface area contributed by atoms with Crippen LogP contribution in [0.4, 0.5) is 0 Å². The molecule has 0 aromatic carbocycles. The molecule has 2 rings (SSSR count). The standard InChI is InChI=1S/C13H18BrN5/c1-3-11-13(14)12(19(4-2)18-11)7-10(15)9-5-6-16-17-8-9/h5-6,8,10H,3-4,7,15H2,1-2H3. The van der Waals surface area contributed by atoms with Gasteiger partial charge in [-0.15, -0.1) is 0 Å². The molecule has 0 fully saturated rings.